The second kappa shape index (κ2) is 14.5. The van der Waals surface area contributed by atoms with Crippen LogP contribution in [-0.4, -0.2) is 56.8 Å². The lowest BCUT2D eigenvalue weighted by atomic mass is 9.95. The number of carbonyl (C=O) groups excluding carboxylic acids is 4. The number of amides is 3. The molecule has 246 valence electrons. The molecule has 0 aliphatic carbocycles. The van der Waals surface area contributed by atoms with Gasteiger partial charge in [-0.05, 0) is 42.5 Å². The standard InChI is InChI=1S/C39H39N3O5S/c1-39(2)34(38(46)47-33(28-19-11-5-12-20-28)29-21-13-6-14-22-29)42-36(45)32(37(42)48-39)41-35(44)30(25-27-17-9-4-10-18-27)40-31(43)24-23-26-15-7-3-8-16-26/h3-22,30,32-34,37H,23-25H2,1-2H3,(H,40,43)(H,41,44)/t30-,32+,34-,37+/m0/s1. The van der Waals surface area contributed by atoms with Crippen molar-refractivity contribution in [3.63, 3.8) is 0 Å². The van der Waals surface area contributed by atoms with Crippen molar-refractivity contribution in [2.24, 2.45) is 0 Å². The van der Waals surface area contributed by atoms with Crippen LogP contribution in [0.4, 0.5) is 0 Å². The van der Waals surface area contributed by atoms with E-state index in [2.05, 4.69) is 10.6 Å². The summed E-state index contributed by atoms with van der Waals surface area (Å²) in [6.45, 7) is 3.83. The van der Waals surface area contributed by atoms with Crippen LogP contribution in [0.1, 0.15) is 48.6 Å². The minimum atomic E-state index is -0.879. The molecule has 4 aromatic rings. The van der Waals surface area contributed by atoms with Crippen LogP contribution >= 0.6 is 11.8 Å². The fourth-order valence-electron chi connectivity index (χ4n) is 6.37. The number of aryl methyl sites for hydroxylation is 1. The normalized spacial score (nSPS) is 19.9. The van der Waals surface area contributed by atoms with Crippen LogP contribution in [0.3, 0.4) is 0 Å². The molecular weight excluding hydrogens is 623 g/mol. The maximum Gasteiger partial charge on any atom is 0.331 e. The first-order chi connectivity index (χ1) is 23.2. The van der Waals surface area contributed by atoms with Gasteiger partial charge in [0, 0.05) is 17.6 Å². The van der Waals surface area contributed by atoms with Crippen molar-refractivity contribution in [1.82, 2.24) is 15.5 Å². The molecule has 0 radical (unpaired) electrons. The smallest absolute Gasteiger partial charge is 0.331 e. The van der Waals surface area contributed by atoms with E-state index < -0.39 is 46.2 Å². The minimum Gasteiger partial charge on any atom is -0.451 e. The van der Waals surface area contributed by atoms with E-state index in [9.17, 15) is 19.2 Å². The van der Waals surface area contributed by atoms with Crippen molar-refractivity contribution in [2.45, 2.75) is 67.5 Å². The summed E-state index contributed by atoms with van der Waals surface area (Å²) < 4.78 is 5.51. The fraction of sp³-hybridized carbons (Fsp3) is 0.282. The predicted octanol–water partition coefficient (Wildman–Crippen LogP) is 5.23. The van der Waals surface area contributed by atoms with E-state index in [0.29, 0.717) is 6.42 Å². The van der Waals surface area contributed by atoms with Gasteiger partial charge in [0.2, 0.25) is 17.7 Å². The Morgan fingerprint density at radius 2 is 1.31 bits per heavy atom. The Bertz CT molecular complexity index is 1700. The molecule has 8 nitrogen and oxygen atoms in total. The van der Waals surface area contributed by atoms with E-state index in [-0.39, 0.29) is 24.7 Å². The summed E-state index contributed by atoms with van der Waals surface area (Å²) >= 11 is 1.46. The molecule has 48 heavy (non-hydrogen) atoms. The first-order valence-corrected chi connectivity index (χ1v) is 17.1. The van der Waals surface area contributed by atoms with Gasteiger partial charge in [0.1, 0.15) is 23.5 Å². The molecule has 0 bridgehead atoms. The van der Waals surface area contributed by atoms with E-state index in [1.165, 1.54) is 16.7 Å². The molecule has 6 rings (SSSR count). The van der Waals surface area contributed by atoms with Gasteiger partial charge < -0.3 is 20.3 Å². The molecule has 4 atom stereocenters. The zero-order valence-corrected chi connectivity index (χ0v) is 27.8. The minimum absolute atomic E-state index is 0.224. The van der Waals surface area contributed by atoms with Crippen LogP contribution < -0.4 is 10.6 Å². The van der Waals surface area contributed by atoms with Crippen molar-refractivity contribution in [3.05, 3.63) is 144 Å². The van der Waals surface area contributed by atoms with Gasteiger partial charge in [-0.1, -0.05) is 121 Å². The highest BCUT2D eigenvalue weighted by Crippen LogP contribution is 2.51. The molecule has 0 saturated carbocycles. The average Bonchev–Trinajstić information content (AvgIpc) is 3.37. The van der Waals surface area contributed by atoms with Gasteiger partial charge in [-0.3, -0.25) is 14.4 Å². The third-order valence-electron chi connectivity index (χ3n) is 8.82. The number of carbonyl (C=O) groups is 4. The Balaban J connectivity index is 1.14. The van der Waals surface area contributed by atoms with Gasteiger partial charge in [-0.2, -0.15) is 0 Å². The molecule has 4 aromatic carbocycles. The number of nitrogens with zero attached hydrogens (tertiary/aromatic N) is 1. The molecule has 2 aliphatic rings. The average molecular weight is 662 g/mol. The van der Waals surface area contributed by atoms with Crippen molar-refractivity contribution in [2.75, 3.05) is 0 Å². The number of thioether (sulfide) groups is 1. The highest BCUT2D eigenvalue weighted by atomic mass is 32.2. The summed E-state index contributed by atoms with van der Waals surface area (Å²) in [6, 6.07) is 35.6. The number of rotatable bonds is 12. The van der Waals surface area contributed by atoms with Crippen molar-refractivity contribution in [1.29, 1.82) is 0 Å². The monoisotopic (exact) mass is 661 g/mol. The fourth-order valence-corrected chi connectivity index (χ4v) is 7.99. The summed E-state index contributed by atoms with van der Waals surface area (Å²) in [6.07, 6.45) is 0.397. The Hall–Kier alpha value is -4.89. The van der Waals surface area contributed by atoms with Crippen molar-refractivity contribution >= 4 is 35.5 Å². The molecule has 0 unspecified atom stereocenters. The first kappa shape index (κ1) is 33.0. The highest BCUT2D eigenvalue weighted by Gasteiger charge is 2.64. The van der Waals surface area contributed by atoms with E-state index >= 15 is 0 Å². The zero-order valence-electron chi connectivity index (χ0n) is 27.0. The van der Waals surface area contributed by atoms with Gasteiger partial charge in [-0.15, -0.1) is 11.8 Å². The maximum absolute atomic E-state index is 13.9. The van der Waals surface area contributed by atoms with Crippen LogP contribution in [0.15, 0.2) is 121 Å². The molecule has 0 spiro atoms. The Kier molecular flexibility index (Phi) is 9.96. The summed E-state index contributed by atoms with van der Waals surface area (Å²) in [7, 11) is 0. The lowest BCUT2D eigenvalue weighted by Gasteiger charge is -2.44. The number of β-lactam (4-membered cyclic amide) rings is 1. The molecule has 2 heterocycles. The number of hydrogen-bond donors (Lipinski definition) is 2. The lowest BCUT2D eigenvalue weighted by molar-refractivity contribution is -0.166. The summed E-state index contributed by atoms with van der Waals surface area (Å²) in [5, 5.41) is 5.36. The van der Waals surface area contributed by atoms with Crippen LogP contribution in [0.25, 0.3) is 0 Å². The molecular formula is C39H39N3O5S. The number of nitrogens with one attached hydrogen (secondary N) is 2. The zero-order chi connectivity index (χ0) is 33.7. The van der Waals surface area contributed by atoms with Crippen LogP contribution in [0.2, 0.25) is 0 Å². The van der Waals surface area contributed by atoms with Crippen molar-refractivity contribution < 1.29 is 23.9 Å². The van der Waals surface area contributed by atoms with E-state index in [1.54, 1.807) is 0 Å². The Morgan fingerprint density at radius 3 is 1.88 bits per heavy atom. The molecule has 0 aromatic heterocycles. The van der Waals surface area contributed by atoms with Gasteiger partial charge in [0.05, 0.1) is 0 Å². The lowest BCUT2D eigenvalue weighted by Crippen LogP contribution is -2.71. The largest absolute Gasteiger partial charge is 0.451 e. The molecule has 2 saturated heterocycles. The highest BCUT2D eigenvalue weighted by molar-refractivity contribution is 8.01. The number of hydrogen-bond acceptors (Lipinski definition) is 6. The summed E-state index contributed by atoms with van der Waals surface area (Å²) in [5.41, 5.74) is 3.57. The second-order valence-electron chi connectivity index (χ2n) is 12.7. The van der Waals surface area contributed by atoms with Crippen LogP contribution in [-0.2, 0) is 36.8 Å². The Morgan fingerprint density at radius 1 is 0.792 bits per heavy atom. The molecule has 3 amide bonds. The van der Waals surface area contributed by atoms with E-state index in [4.69, 9.17) is 4.74 Å². The third-order valence-corrected chi connectivity index (χ3v) is 10.4. The summed E-state index contributed by atoms with van der Waals surface area (Å²) in [5.74, 6) is -1.54. The van der Waals surface area contributed by atoms with Gasteiger partial charge in [0.25, 0.3) is 0 Å². The number of benzene rings is 4. The van der Waals surface area contributed by atoms with Gasteiger partial charge in [0.15, 0.2) is 6.10 Å². The molecule has 2 N–H and O–H groups in total. The number of fused-ring (bicyclic) bond motifs is 1. The Labute approximate surface area is 285 Å². The third kappa shape index (κ3) is 7.31. The maximum atomic E-state index is 13.9. The van der Waals surface area contributed by atoms with Gasteiger partial charge in [-0.25, -0.2) is 4.79 Å². The molecule has 2 aliphatic heterocycles. The summed E-state index contributed by atoms with van der Waals surface area (Å²) in [4.78, 5) is 55.9. The molecule has 9 heteroatoms. The van der Waals surface area contributed by atoms with E-state index in [0.717, 1.165) is 22.3 Å². The predicted molar refractivity (Wildman–Crippen MR) is 186 cm³/mol. The number of ether oxygens (including phenoxy) is 1. The first-order valence-electron chi connectivity index (χ1n) is 16.2. The number of esters is 1. The van der Waals surface area contributed by atoms with Crippen LogP contribution in [0.5, 0.6) is 0 Å². The second-order valence-corrected chi connectivity index (χ2v) is 14.5. The van der Waals surface area contributed by atoms with Gasteiger partial charge >= 0.3 is 5.97 Å². The van der Waals surface area contributed by atoms with Crippen LogP contribution in [0, 0.1) is 0 Å². The topological polar surface area (TPSA) is 105 Å². The SMILES string of the molecule is CC1(C)S[C@@H]2[C@H](NC(=O)[C@H](Cc3ccccc3)NC(=O)CCc3ccccc3)C(=O)N2[C@H]1C(=O)OC(c1ccccc1)c1ccccc1. The van der Waals surface area contributed by atoms with Crippen molar-refractivity contribution in [3.8, 4) is 0 Å². The van der Waals surface area contributed by atoms with E-state index in [1.807, 2.05) is 135 Å². The molecule has 2 fully saturated rings. The quantitative estimate of drug-likeness (QED) is 0.159.